The van der Waals surface area contributed by atoms with Gasteiger partial charge in [-0.25, -0.2) is 4.90 Å². The van der Waals surface area contributed by atoms with E-state index in [4.69, 9.17) is 5.73 Å². The zero-order chi connectivity index (χ0) is 14.5. The van der Waals surface area contributed by atoms with Gasteiger partial charge in [-0.05, 0) is 37.5 Å². The summed E-state index contributed by atoms with van der Waals surface area (Å²) in [5, 5.41) is 0. The summed E-state index contributed by atoms with van der Waals surface area (Å²) in [5.74, 6) is 5.43. The lowest BCUT2D eigenvalue weighted by molar-refractivity contribution is -0.125. The smallest absolute Gasteiger partial charge is 0.233 e. The van der Waals surface area contributed by atoms with E-state index in [-0.39, 0.29) is 18.4 Å². The Morgan fingerprint density at radius 1 is 1.20 bits per heavy atom. The fourth-order valence-electron chi connectivity index (χ4n) is 2.26. The first-order chi connectivity index (χ1) is 9.63. The molecule has 4 heteroatoms. The predicted molar refractivity (Wildman–Crippen MR) is 78.1 cm³/mol. The number of aryl methyl sites for hydroxylation is 1. The quantitative estimate of drug-likeness (QED) is 0.624. The van der Waals surface area contributed by atoms with E-state index in [0.717, 1.165) is 18.4 Å². The van der Waals surface area contributed by atoms with Crippen LogP contribution in [0.2, 0.25) is 0 Å². The maximum absolute atomic E-state index is 12.2. The minimum atomic E-state index is -0.145. The van der Waals surface area contributed by atoms with Crippen molar-refractivity contribution in [3.63, 3.8) is 0 Å². The molecule has 0 aromatic heterocycles. The number of nitrogens with two attached hydrogens (primary N) is 1. The summed E-state index contributed by atoms with van der Waals surface area (Å²) < 4.78 is 0. The number of anilines is 1. The van der Waals surface area contributed by atoms with Crippen molar-refractivity contribution in [2.75, 3.05) is 11.4 Å². The van der Waals surface area contributed by atoms with E-state index in [0.29, 0.717) is 24.1 Å². The van der Waals surface area contributed by atoms with Crippen LogP contribution in [-0.2, 0) is 9.59 Å². The fraction of sp³-hybridized carbons (Fsp3) is 0.375. The summed E-state index contributed by atoms with van der Waals surface area (Å²) in [6, 6.07) is 5.58. The third-order valence-corrected chi connectivity index (χ3v) is 3.25. The summed E-state index contributed by atoms with van der Waals surface area (Å²) in [5.41, 5.74) is 7.64. The molecule has 20 heavy (non-hydrogen) atoms. The summed E-state index contributed by atoms with van der Waals surface area (Å²) in [6.07, 6.45) is 2.33. The number of benzene rings is 1. The molecule has 2 rings (SSSR count). The highest BCUT2D eigenvalue weighted by Crippen LogP contribution is 2.26. The number of carbonyl (C=O) groups excluding carboxylic acids is 2. The standard InChI is InChI=1S/C16H18N2O2/c1-12-8-9-13(5-4-10-17)14(11-12)18-15(19)6-2-3-7-16(18)20/h8-9,11H,2-3,6-7,10,17H2,1H3. The maximum Gasteiger partial charge on any atom is 0.233 e. The van der Waals surface area contributed by atoms with Gasteiger partial charge in [0.1, 0.15) is 0 Å². The second-order valence-corrected chi connectivity index (χ2v) is 4.86. The summed E-state index contributed by atoms with van der Waals surface area (Å²) in [6.45, 7) is 2.17. The van der Waals surface area contributed by atoms with Gasteiger partial charge in [0.25, 0.3) is 0 Å². The number of nitrogens with zero attached hydrogens (tertiary/aromatic N) is 1. The predicted octanol–water partition coefficient (Wildman–Crippen LogP) is 1.74. The van der Waals surface area contributed by atoms with Crippen LogP contribution in [0.15, 0.2) is 18.2 Å². The summed E-state index contributed by atoms with van der Waals surface area (Å²) >= 11 is 0. The normalized spacial score (nSPS) is 15.6. The molecule has 1 aromatic carbocycles. The molecule has 2 N–H and O–H groups in total. The Labute approximate surface area is 118 Å². The zero-order valence-electron chi connectivity index (χ0n) is 11.6. The van der Waals surface area contributed by atoms with Gasteiger partial charge in [-0.3, -0.25) is 9.59 Å². The van der Waals surface area contributed by atoms with Gasteiger partial charge in [-0.1, -0.05) is 17.9 Å². The number of hydrogen-bond acceptors (Lipinski definition) is 3. The highest BCUT2D eigenvalue weighted by atomic mass is 16.2. The molecular weight excluding hydrogens is 252 g/mol. The molecular formula is C16H18N2O2. The van der Waals surface area contributed by atoms with Crippen molar-refractivity contribution in [2.24, 2.45) is 5.73 Å². The van der Waals surface area contributed by atoms with Crippen LogP contribution in [-0.4, -0.2) is 18.4 Å². The first kappa shape index (κ1) is 14.3. The second-order valence-electron chi connectivity index (χ2n) is 4.86. The van der Waals surface area contributed by atoms with Crippen LogP contribution < -0.4 is 10.6 Å². The van der Waals surface area contributed by atoms with Crippen LogP contribution in [0.3, 0.4) is 0 Å². The number of carbonyl (C=O) groups is 2. The lowest BCUT2D eigenvalue weighted by atomic mass is 10.1. The fourth-order valence-corrected chi connectivity index (χ4v) is 2.26. The highest BCUT2D eigenvalue weighted by Gasteiger charge is 2.27. The largest absolute Gasteiger partial charge is 0.320 e. The maximum atomic E-state index is 12.2. The van der Waals surface area contributed by atoms with Gasteiger partial charge < -0.3 is 5.73 Å². The van der Waals surface area contributed by atoms with Crippen molar-refractivity contribution in [1.29, 1.82) is 0 Å². The van der Waals surface area contributed by atoms with E-state index in [1.165, 1.54) is 4.90 Å². The monoisotopic (exact) mass is 270 g/mol. The van der Waals surface area contributed by atoms with Crippen molar-refractivity contribution < 1.29 is 9.59 Å². The van der Waals surface area contributed by atoms with E-state index in [1.807, 2.05) is 25.1 Å². The van der Waals surface area contributed by atoms with Crippen molar-refractivity contribution >= 4 is 17.5 Å². The van der Waals surface area contributed by atoms with Gasteiger partial charge in [0.05, 0.1) is 12.2 Å². The van der Waals surface area contributed by atoms with Crippen LogP contribution in [0.4, 0.5) is 5.69 Å². The Morgan fingerprint density at radius 3 is 2.45 bits per heavy atom. The summed E-state index contributed by atoms with van der Waals surface area (Å²) in [4.78, 5) is 25.7. The van der Waals surface area contributed by atoms with Crippen molar-refractivity contribution in [2.45, 2.75) is 32.6 Å². The second kappa shape index (κ2) is 6.36. The molecule has 0 bridgehead atoms. The molecule has 0 spiro atoms. The zero-order valence-corrected chi connectivity index (χ0v) is 11.6. The number of hydrogen-bond donors (Lipinski definition) is 1. The van der Waals surface area contributed by atoms with Gasteiger partial charge in [-0.15, -0.1) is 0 Å². The third-order valence-electron chi connectivity index (χ3n) is 3.25. The lowest BCUT2D eigenvalue weighted by Gasteiger charge is -2.20. The average Bonchev–Trinajstić information content (AvgIpc) is 2.58. The average molecular weight is 270 g/mol. The van der Waals surface area contributed by atoms with Gasteiger partial charge in [-0.2, -0.15) is 0 Å². The molecule has 1 saturated heterocycles. The van der Waals surface area contributed by atoms with Gasteiger partial charge in [0.2, 0.25) is 11.8 Å². The Kier molecular flexibility index (Phi) is 4.54. The highest BCUT2D eigenvalue weighted by molar-refractivity contribution is 6.16. The molecule has 1 aliphatic rings. The van der Waals surface area contributed by atoms with Crippen LogP contribution in [0.25, 0.3) is 0 Å². The molecule has 0 atom stereocenters. The third kappa shape index (κ3) is 3.06. The molecule has 1 fully saturated rings. The van der Waals surface area contributed by atoms with Crippen LogP contribution >= 0.6 is 0 Å². The minimum absolute atomic E-state index is 0.145. The van der Waals surface area contributed by atoms with E-state index >= 15 is 0 Å². The van der Waals surface area contributed by atoms with Crippen LogP contribution in [0.5, 0.6) is 0 Å². The number of rotatable bonds is 1. The Hall–Kier alpha value is -2.12. The van der Waals surface area contributed by atoms with Gasteiger partial charge in [0, 0.05) is 18.4 Å². The first-order valence-electron chi connectivity index (χ1n) is 6.79. The van der Waals surface area contributed by atoms with Gasteiger partial charge in [0.15, 0.2) is 0 Å². The lowest BCUT2D eigenvalue weighted by Crippen LogP contribution is -2.35. The molecule has 104 valence electrons. The minimum Gasteiger partial charge on any atom is -0.320 e. The first-order valence-corrected chi connectivity index (χ1v) is 6.79. The van der Waals surface area contributed by atoms with Gasteiger partial charge >= 0.3 is 0 Å². The molecule has 4 nitrogen and oxygen atoms in total. The molecule has 0 aliphatic carbocycles. The Bertz CT molecular complexity index is 578. The summed E-state index contributed by atoms with van der Waals surface area (Å²) in [7, 11) is 0. The van der Waals surface area contributed by atoms with Crippen LogP contribution in [0, 0.1) is 18.8 Å². The Balaban J connectivity index is 2.50. The van der Waals surface area contributed by atoms with E-state index in [2.05, 4.69) is 11.8 Å². The molecule has 0 unspecified atom stereocenters. The van der Waals surface area contributed by atoms with Crippen molar-refractivity contribution in [3.8, 4) is 11.8 Å². The topological polar surface area (TPSA) is 63.4 Å². The molecule has 1 heterocycles. The Morgan fingerprint density at radius 2 is 1.85 bits per heavy atom. The number of amides is 2. The van der Waals surface area contributed by atoms with E-state index in [9.17, 15) is 9.59 Å². The molecule has 1 aromatic rings. The molecule has 2 amide bonds. The van der Waals surface area contributed by atoms with Crippen LogP contribution in [0.1, 0.15) is 36.8 Å². The SMILES string of the molecule is Cc1ccc(C#CCN)c(N2C(=O)CCCCC2=O)c1. The van der Waals surface area contributed by atoms with Crippen molar-refractivity contribution in [3.05, 3.63) is 29.3 Å². The molecule has 0 radical (unpaired) electrons. The van der Waals surface area contributed by atoms with Crippen molar-refractivity contribution in [1.82, 2.24) is 0 Å². The van der Waals surface area contributed by atoms with E-state index < -0.39 is 0 Å². The number of imide groups is 1. The molecule has 0 saturated carbocycles. The molecule has 1 aliphatic heterocycles. The van der Waals surface area contributed by atoms with E-state index in [1.54, 1.807) is 0 Å².